The molecule has 0 saturated carbocycles. The molecule has 2 heterocycles. The van der Waals surface area contributed by atoms with Crippen molar-refractivity contribution in [1.29, 1.82) is 0 Å². The standard InChI is InChI=1S/C8H4BrNO2S/c9-7-2-1-6(12-7)8-10-5(3-11)4-13-8/h1-4H. The molecule has 66 valence electrons. The van der Waals surface area contributed by atoms with Gasteiger partial charge in [0.25, 0.3) is 0 Å². The Hall–Kier alpha value is -0.940. The third-order valence-corrected chi connectivity index (χ3v) is 2.73. The van der Waals surface area contributed by atoms with E-state index in [1.54, 1.807) is 17.5 Å². The van der Waals surface area contributed by atoms with Crippen LogP contribution in [0.5, 0.6) is 0 Å². The molecule has 0 radical (unpaired) electrons. The van der Waals surface area contributed by atoms with Gasteiger partial charge in [-0.1, -0.05) is 0 Å². The minimum atomic E-state index is 0.438. The highest BCUT2D eigenvalue weighted by Crippen LogP contribution is 2.27. The van der Waals surface area contributed by atoms with Crippen LogP contribution < -0.4 is 0 Å². The first-order valence-electron chi connectivity index (χ1n) is 3.46. The Morgan fingerprint density at radius 3 is 2.92 bits per heavy atom. The summed E-state index contributed by atoms with van der Waals surface area (Å²) in [6, 6.07) is 3.59. The topological polar surface area (TPSA) is 43.1 Å². The molecule has 3 nitrogen and oxygen atoms in total. The maximum atomic E-state index is 10.4. The molecule has 0 bridgehead atoms. The lowest BCUT2D eigenvalue weighted by atomic mass is 10.5. The minimum absolute atomic E-state index is 0.438. The van der Waals surface area contributed by atoms with Crippen LogP contribution in [0.2, 0.25) is 0 Å². The number of nitrogens with zero attached hydrogens (tertiary/aromatic N) is 1. The van der Waals surface area contributed by atoms with Crippen molar-refractivity contribution < 1.29 is 9.21 Å². The summed E-state index contributed by atoms with van der Waals surface area (Å²) < 4.78 is 5.93. The molecule has 5 heteroatoms. The molecule has 0 spiro atoms. The number of aromatic nitrogens is 1. The molecule has 0 aliphatic heterocycles. The molecule has 0 aromatic carbocycles. The van der Waals surface area contributed by atoms with Crippen molar-refractivity contribution >= 4 is 33.6 Å². The van der Waals surface area contributed by atoms with Gasteiger partial charge in [-0.2, -0.15) is 0 Å². The maximum absolute atomic E-state index is 10.4. The van der Waals surface area contributed by atoms with Crippen LogP contribution in [0, 0.1) is 0 Å². The molecular weight excluding hydrogens is 254 g/mol. The van der Waals surface area contributed by atoms with Crippen molar-refractivity contribution in [3.05, 3.63) is 27.9 Å². The van der Waals surface area contributed by atoms with Crippen LogP contribution in [0.3, 0.4) is 0 Å². The van der Waals surface area contributed by atoms with Crippen LogP contribution in [-0.4, -0.2) is 11.3 Å². The summed E-state index contributed by atoms with van der Waals surface area (Å²) in [6.45, 7) is 0. The Bertz CT molecular complexity index is 435. The third-order valence-electron chi connectivity index (χ3n) is 1.43. The fraction of sp³-hybridized carbons (Fsp3) is 0. The summed E-state index contributed by atoms with van der Waals surface area (Å²) in [4.78, 5) is 14.4. The molecule has 0 fully saturated rings. The van der Waals surface area contributed by atoms with E-state index in [4.69, 9.17) is 4.42 Å². The van der Waals surface area contributed by atoms with Crippen LogP contribution in [0.1, 0.15) is 10.5 Å². The highest BCUT2D eigenvalue weighted by molar-refractivity contribution is 9.10. The molecule has 0 atom stereocenters. The van der Waals surface area contributed by atoms with Crippen LogP contribution in [0.4, 0.5) is 0 Å². The quantitative estimate of drug-likeness (QED) is 0.777. The van der Waals surface area contributed by atoms with E-state index in [0.29, 0.717) is 21.1 Å². The first kappa shape index (κ1) is 8.65. The Labute approximate surface area is 86.5 Å². The molecule has 13 heavy (non-hydrogen) atoms. The minimum Gasteiger partial charge on any atom is -0.447 e. The fourth-order valence-electron chi connectivity index (χ4n) is 0.883. The van der Waals surface area contributed by atoms with Gasteiger partial charge in [-0.3, -0.25) is 4.79 Å². The maximum Gasteiger partial charge on any atom is 0.170 e. The van der Waals surface area contributed by atoms with E-state index in [9.17, 15) is 4.79 Å². The number of halogens is 1. The molecule has 2 rings (SSSR count). The molecule has 0 unspecified atom stereocenters. The van der Waals surface area contributed by atoms with E-state index < -0.39 is 0 Å². The van der Waals surface area contributed by atoms with E-state index in [2.05, 4.69) is 20.9 Å². The number of hydrogen-bond donors (Lipinski definition) is 0. The van der Waals surface area contributed by atoms with Gasteiger partial charge in [-0.05, 0) is 28.1 Å². The van der Waals surface area contributed by atoms with Crippen molar-refractivity contribution in [2.24, 2.45) is 0 Å². The average Bonchev–Trinajstić information content (AvgIpc) is 2.71. The van der Waals surface area contributed by atoms with Gasteiger partial charge in [0.15, 0.2) is 21.7 Å². The van der Waals surface area contributed by atoms with Gasteiger partial charge < -0.3 is 4.42 Å². The van der Waals surface area contributed by atoms with E-state index in [-0.39, 0.29) is 0 Å². The molecule has 2 aromatic rings. The summed E-state index contributed by atoms with van der Waals surface area (Å²) in [7, 11) is 0. The van der Waals surface area contributed by atoms with Gasteiger partial charge in [0.05, 0.1) is 0 Å². The summed E-state index contributed by atoms with van der Waals surface area (Å²) >= 11 is 4.58. The molecule has 0 aliphatic carbocycles. The lowest BCUT2D eigenvalue weighted by molar-refractivity contribution is 0.111. The zero-order valence-electron chi connectivity index (χ0n) is 6.36. The molecular formula is C8H4BrNO2S. The summed E-state index contributed by atoms with van der Waals surface area (Å²) in [5.74, 6) is 0.671. The highest BCUT2D eigenvalue weighted by Gasteiger charge is 2.07. The predicted molar refractivity (Wildman–Crippen MR) is 52.9 cm³/mol. The Kier molecular flexibility index (Phi) is 2.28. The second-order valence-electron chi connectivity index (χ2n) is 2.30. The molecule has 0 amide bonds. The summed E-state index contributed by atoms with van der Waals surface area (Å²) in [6.07, 6.45) is 0.720. The first-order chi connectivity index (χ1) is 6.29. The fourth-order valence-corrected chi connectivity index (χ4v) is 1.91. The smallest absolute Gasteiger partial charge is 0.170 e. The predicted octanol–water partition coefficient (Wildman–Crippen LogP) is 2.98. The Morgan fingerprint density at radius 2 is 2.38 bits per heavy atom. The summed E-state index contributed by atoms with van der Waals surface area (Å²) in [5.41, 5.74) is 0.438. The van der Waals surface area contributed by atoms with E-state index in [1.807, 2.05) is 0 Å². The number of aldehydes is 1. The van der Waals surface area contributed by atoms with Gasteiger partial charge in [0, 0.05) is 5.38 Å². The van der Waals surface area contributed by atoms with Crippen molar-refractivity contribution in [3.8, 4) is 10.8 Å². The molecule has 0 N–H and O–H groups in total. The monoisotopic (exact) mass is 257 g/mol. The van der Waals surface area contributed by atoms with Crippen LogP contribution in [0.15, 0.2) is 26.6 Å². The van der Waals surface area contributed by atoms with Gasteiger partial charge in [0.1, 0.15) is 5.69 Å². The lowest BCUT2D eigenvalue weighted by Crippen LogP contribution is -1.77. The van der Waals surface area contributed by atoms with Crippen LogP contribution in [-0.2, 0) is 0 Å². The summed E-state index contributed by atoms with van der Waals surface area (Å²) in [5, 5.41) is 2.41. The Balaban J connectivity index is 2.40. The zero-order chi connectivity index (χ0) is 9.26. The first-order valence-corrected chi connectivity index (χ1v) is 5.13. The third kappa shape index (κ3) is 1.71. The SMILES string of the molecule is O=Cc1csc(-c2ccc(Br)o2)n1. The number of hydrogen-bond acceptors (Lipinski definition) is 4. The Morgan fingerprint density at radius 1 is 1.54 bits per heavy atom. The number of rotatable bonds is 2. The number of carbonyl (C=O) groups is 1. The van der Waals surface area contributed by atoms with Gasteiger partial charge in [-0.25, -0.2) is 4.98 Å². The largest absolute Gasteiger partial charge is 0.447 e. The molecule has 2 aromatic heterocycles. The van der Waals surface area contributed by atoms with E-state index >= 15 is 0 Å². The van der Waals surface area contributed by atoms with Gasteiger partial charge >= 0.3 is 0 Å². The normalized spacial score (nSPS) is 10.2. The molecule has 0 aliphatic rings. The van der Waals surface area contributed by atoms with Gasteiger partial charge in [0.2, 0.25) is 0 Å². The van der Waals surface area contributed by atoms with E-state index in [1.165, 1.54) is 11.3 Å². The second kappa shape index (κ2) is 3.43. The zero-order valence-corrected chi connectivity index (χ0v) is 8.76. The van der Waals surface area contributed by atoms with Crippen molar-refractivity contribution in [2.75, 3.05) is 0 Å². The number of thiazole rings is 1. The van der Waals surface area contributed by atoms with E-state index in [0.717, 1.165) is 6.29 Å². The second-order valence-corrected chi connectivity index (χ2v) is 3.94. The van der Waals surface area contributed by atoms with Crippen LogP contribution >= 0.6 is 27.3 Å². The number of carbonyl (C=O) groups excluding carboxylic acids is 1. The lowest BCUT2D eigenvalue weighted by Gasteiger charge is -1.85. The molecule has 0 saturated heterocycles. The average molecular weight is 258 g/mol. The van der Waals surface area contributed by atoms with Crippen molar-refractivity contribution in [2.45, 2.75) is 0 Å². The number of furan rings is 1. The van der Waals surface area contributed by atoms with Gasteiger partial charge in [-0.15, -0.1) is 11.3 Å². The van der Waals surface area contributed by atoms with Crippen molar-refractivity contribution in [3.63, 3.8) is 0 Å². The highest BCUT2D eigenvalue weighted by atomic mass is 79.9. The van der Waals surface area contributed by atoms with Crippen molar-refractivity contribution in [1.82, 2.24) is 4.98 Å². The van der Waals surface area contributed by atoms with Crippen LogP contribution in [0.25, 0.3) is 10.8 Å².